The molecule has 2 heteroatoms. The van der Waals surface area contributed by atoms with Crippen LogP contribution in [-0.4, -0.2) is 12.7 Å². The van der Waals surface area contributed by atoms with Crippen LogP contribution in [0.25, 0.3) is 0 Å². The van der Waals surface area contributed by atoms with Gasteiger partial charge in [-0.1, -0.05) is 30.3 Å². The molecule has 0 aliphatic carbocycles. The van der Waals surface area contributed by atoms with Crippen molar-refractivity contribution >= 4 is 0 Å². The van der Waals surface area contributed by atoms with E-state index in [0.29, 0.717) is 13.0 Å². The van der Waals surface area contributed by atoms with Crippen LogP contribution >= 0.6 is 0 Å². The Morgan fingerprint density at radius 3 is 2.58 bits per heavy atom. The van der Waals surface area contributed by atoms with Crippen LogP contribution in [-0.2, 0) is 0 Å². The molecule has 0 amide bonds. The highest BCUT2D eigenvalue weighted by molar-refractivity contribution is 5.20. The van der Waals surface area contributed by atoms with Crippen molar-refractivity contribution in [3.05, 3.63) is 35.9 Å². The Kier molecular flexibility index (Phi) is 2.09. The Bertz CT molecular complexity index is 247. The lowest BCUT2D eigenvalue weighted by atomic mass is 10.1. The average molecular weight is 165 g/mol. The van der Waals surface area contributed by atoms with Gasteiger partial charge in [0.25, 0.3) is 0 Å². The van der Waals surface area contributed by atoms with E-state index >= 15 is 0 Å². The highest BCUT2D eigenvalue weighted by Gasteiger charge is 2.24. The van der Waals surface area contributed by atoms with Gasteiger partial charge < -0.3 is 5.32 Å². The molecule has 0 aromatic heterocycles. The van der Waals surface area contributed by atoms with Crippen molar-refractivity contribution in [3.8, 4) is 0 Å². The van der Waals surface area contributed by atoms with Gasteiger partial charge in [0, 0.05) is 12.6 Å². The molecule has 1 aliphatic heterocycles. The normalized spacial score (nSPS) is 29.1. The Morgan fingerprint density at radius 1 is 1.25 bits per heavy atom. The summed E-state index contributed by atoms with van der Waals surface area (Å²) in [6.07, 6.45) is -0.0560. The molecule has 1 aliphatic rings. The molecule has 1 nitrogen and oxygen atoms in total. The van der Waals surface area contributed by atoms with Crippen LogP contribution in [0.1, 0.15) is 18.0 Å². The van der Waals surface area contributed by atoms with Crippen molar-refractivity contribution in [2.75, 3.05) is 6.54 Å². The van der Waals surface area contributed by atoms with Gasteiger partial charge >= 0.3 is 0 Å². The van der Waals surface area contributed by atoms with E-state index in [1.807, 2.05) is 30.3 Å². The molecule has 1 saturated heterocycles. The number of alkyl halides is 1. The Morgan fingerprint density at radius 2 is 2.00 bits per heavy atom. The van der Waals surface area contributed by atoms with Gasteiger partial charge in [0.15, 0.2) is 0 Å². The molecule has 1 aromatic carbocycles. The molecule has 0 bridgehead atoms. The summed E-state index contributed by atoms with van der Waals surface area (Å²) >= 11 is 0. The average Bonchev–Trinajstić information content (AvgIpc) is 2.54. The van der Waals surface area contributed by atoms with E-state index in [1.165, 1.54) is 5.56 Å². The smallest absolute Gasteiger partial charge is 0.114 e. The van der Waals surface area contributed by atoms with Gasteiger partial charge in [0.1, 0.15) is 6.17 Å². The summed E-state index contributed by atoms with van der Waals surface area (Å²) in [5.41, 5.74) is 1.19. The van der Waals surface area contributed by atoms with Crippen LogP contribution < -0.4 is 5.32 Å². The first-order chi connectivity index (χ1) is 5.86. The minimum absolute atomic E-state index is 0.223. The number of rotatable bonds is 1. The lowest BCUT2D eigenvalue weighted by Crippen LogP contribution is -2.13. The lowest BCUT2D eigenvalue weighted by Gasteiger charge is -2.08. The maximum absolute atomic E-state index is 12.8. The quantitative estimate of drug-likeness (QED) is 0.671. The van der Waals surface area contributed by atoms with E-state index in [9.17, 15) is 4.39 Å². The first-order valence-corrected chi connectivity index (χ1v) is 4.28. The number of nitrogens with one attached hydrogen (secondary N) is 1. The molecule has 1 fully saturated rings. The summed E-state index contributed by atoms with van der Waals surface area (Å²) in [7, 11) is 0. The molecule has 2 atom stereocenters. The maximum atomic E-state index is 12.8. The van der Waals surface area contributed by atoms with Crippen LogP contribution in [0.5, 0.6) is 0 Å². The minimum atomic E-state index is -0.671. The maximum Gasteiger partial charge on any atom is 0.114 e. The van der Waals surface area contributed by atoms with E-state index in [2.05, 4.69) is 5.32 Å². The van der Waals surface area contributed by atoms with Crippen molar-refractivity contribution in [1.29, 1.82) is 0 Å². The van der Waals surface area contributed by atoms with Crippen LogP contribution in [0.4, 0.5) is 4.39 Å². The molecule has 1 aromatic rings. The van der Waals surface area contributed by atoms with Gasteiger partial charge in [0.2, 0.25) is 0 Å². The van der Waals surface area contributed by atoms with Crippen molar-refractivity contribution in [2.24, 2.45) is 0 Å². The van der Waals surface area contributed by atoms with E-state index in [0.717, 1.165) is 0 Å². The highest BCUT2D eigenvalue weighted by Crippen LogP contribution is 2.24. The number of hydrogen-bond acceptors (Lipinski definition) is 1. The first kappa shape index (κ1) is 7.74. The van der Waals surface area contributed by atoms with Crippen LogP contribution in [0.3, 0.4) is 0 Å². The van der Waals surface area contributed by atoms with Gasteiger partial charge in [-0.25, -0.2) is 4.39 Å². The Balaban J connectivity index is 2.11. The second kappa shape index (κ2) is 3.23. The first-order valence-electron chi connectivity index (χ1n) is 4.28. The van der Waals surface area contributed by atoms with Gasteiger partial charge in [0.05, 0.1) is 0 Å². The van der Waals surface area contributed by atoms with E-state index in [4.69, 9.17) is 0 Å². The van der Waals surface area contributed by atoms with Crippen LogP contribution in [0.15, 0.2) is 30.3 Å². The van der Waals surface area contributed by atoms with Crippen molar-refractivity contribution in [2.45, 2.75) is 18.6 Å². The molecule has 12 heavy (non-hydrogen) atoms. The monoisotopic (exact) mass is 165 g/mol. The Labute approximate surface area is 71.6 Å². The molecular weight excluding hydrogens is 153 g/mol. The summed E-state index contributed by atoms with van der Waals surface area (Å²) in [5.74, 6) is 0. The van der Waals surface area contributed by atoms with E-state index in [1.54, 1.807) is 0 Å². The van der Waals surface area contributed by atoms with Gasteiger partial charge in [-0.2, -0.15) is 0 Å². The zero-order valence-electron chi connectivity index (χ0n) is 6.83. The third-order valence-corrected chi connectivity index (χ3v) is 2.28. The summed E-state index contributed by atoms with van der Waals surface area (Å²) in [5, 5.41) is 3.15. The fourth-order valence-electron chi connectivity index (χ4n) is 1.63. The molecule has 1 heterocycles. The van der Waals surface area contributed by atoms with Gasteiger partial charge in [-0.15, -0.1) is 0 Å². The predicted molar refractivity (Wildman–Crippen MR) is 46.7 cm³/mol. The summed E-state index contributed by atoms with van der Waals surface area (Å²) in [6, 6.07) is 10.3. The third-order valence-electron chi connectivity index (χ3n) is 2.28. The largest absolute Gasteiger partial charge is 0.307 e. The van der Waals surface area contributed by atoms with Crippen LogP contribution in [0, 0.1) is 0 Å². The number of benzene rings is 1. The molecule has 0 spiro atoms. The van der Waals surface area contributed by atoms with Gasteiger partial charge in [-0.05, 0) is 12.0 Å². The zero-order chi connectivity index (χ0) is 8.39. The van der Waals surface area contributed by atoms with Crippen molar-refractivity contribution in [3.63, 3.8) is 0 Å². The molecule has 1 N–H and O–H groups in total. The van der Waals surface area contributed by atoms with Crippen molar-refractivity contribution < 1.29 is 4.39 Å². The zero-order valence-corrected chi connectivity index (χ0v) is 6.83. The fourth-order valence-corrected chi connectivity index (χ4v) is 1.63. The SMILES string of the molecule is F[C@@H]1CN[C@@H](c2ccccc2)C1. The predicted octanol–water partition coefficient (Wildman–Crippen LogP) is 2.06. The summed E-state index contributed by atoms with van der Waals surface area (Å²) in [4.78, 5) is 0. The molecule has 64 valence electrons. The fraction of sp³-hybridized carbons (Fsp3) is 0.400. The number of hydrogen-bond donors (Lipinski definition) is 1. The van der Waals surface area contributed by atoms with Crippen LogP contribution in [0.2, 0.25) is 0 Å². The molecule has 0 unspecified atom stereocenters. The second-order valence-electron chi connectivity index (χ2n) is 3.20. The van der Waals surface area contributed by atoms with Crippen molar-refractivity contribution in [1.82, 2.24) is 5.32 Å². The topological polar surface area (TPSA) is 12.0 Å². The standard InChI is InChI=1S/C10H12FN/c11-9-6-10(12-7-9)8-4-2-1-3-5-8/h1-5,9-10,12H,6-7H2/t9-,10+/m0/s1. The van der Waals surface area contributed by atoms with E-state index in [-0.39, 0.29) is 6.04 Å². The molecule has 2 rings (SSSR count). The Hall–Kier alpha value is -0.890. The third kappa shape index (κ3) is 1.48. The minimum Gasteiger partial charge on any atom is -0.307 e. The summed E-state index contributed by atoms with van der Waals surface area (Å²) < 4.78 is 12.8. The summed E-state index contributed by atoms with van der Waals surface area (Å²) in [6.45, 7) is 0.500. The number of halogens is 1. The highest BCUT2D eigenvalue weighted by atomic mass is 19.1. The van der Waals surface area contributed by atoms with E-state index < -0.39 is 6.17 Å². The molecular formula is C10H12FN. The molecule has 0 saturated carbocycles. The second-order valence-corrected chi connectivity index (χ2v) is 3.20. The van der Waals surface area contributed by atoms with Gasteiger partial charge in [-0.3, -0.25) is 0 Å². The molecule has 0 radical (unpaired) electrons. The lowest BCUT2D eigenvalue weighted by molar-refractivity contribution is 0.356.